The van der Waals surface area contributed by atoms with Crippen molar-refractivity contribution in [1.29, 1.82) is 0 Å². The monoisotopic (exact) mass is 415 g/mol. The molecule has 1 aliphatic heterocycles. The maximum Gasteiger partial charge on any atom is 0.263 e. The Morgan fingerprint density at radius 3 is 2.41 bits per heavy atom. The second-order valence-corrected chi connectivity index (χ2v) is 8.58. The number of likely N-dealkylation sites (N-methyl/N-ethyl adjacent to an activating group) is 1. The maximum absolute atomic E-state index is 12.7. The highest BCUT2D eigenvalue weighted by molar-refractivity contribution is 6.30. The number of rotatable bonds is 7. The Morgan fingerprint density at radius 1 is 1.07 bits per heavy atom. The second-order valence-electron chi connectivity index (χ2n) is 8.15. The van der Waals surface area contributed by atoms with E-state index in [1.54, 1.807) is 38.1 Å². The van der Waals surface area contributed by atoms with E-state index < -0.39 is 5.60 Å². The Labute approximate surface area is 178 Å². The molecule has 1 aliphatic rings. The molecule has 0 aromatic heterocycles. The van der Waals surface area contributed by atoms with E-state index in [2.05, 4.69) is 40.4 Å². The van der Waals surface area contributed by atoms with Crippen LogP contribution in [0, 0.1) is 0 Å². The minimum absolute atomic E-state index is 0.156. The number of halogens is 1. The summed E-state index contributed by atoms with van der Waals surface area (Å²) in [6.07, 6.45) is 0. The highest BCUT2D eigenvalue weighted by Gasteiger charge is 2.29. The molecule has 6 heteroatoms. The van der Waals surface area contributed by atoms with Crippen LogP contribution in [0.1, 0.15) is 25.0 Å². The van der Waals surface area contributed by atoms with Crippen molar-refractivity contribution >= 4 is 17.5 Å². The summed E-state index contributed by atoms with van der Waals surface area (Å²) in [6, 6.07) is 15.4. The fraction of sp³-hybridized carbons (Fsp3) is 0.435. The third kappa shape index (κ3) is 6.46. The van der Waals surface area contributed by atoms with Crippen LogP contribution in [0.15, 0.2) is 48.5 Å². The van der Waals surface area contributed by atoms with Gasteiger partial charge in [0.05, 0.1) is 0 Å². The number of ether oxygens (including phenoxy) is 1. The highest BCUT2D eigenvalue weighted by atomic mass is 35.5. The highest BCUT2D eigenvalue weighted by Crippen LogP contribution is 2.21. The molecule has 1 saturated heterocycles. The van der Waals surface area contributed by atoms with E-state index in [4.69, 9.17) is 16.3 Å². The molecule has 1 amide bonds. The van der Waals surface area contributed by atoms with Gasteiger partial charge in [-0.1, -0.05) is 35.9 Å². The quantitative estimate of drug-likeness (QED) is 0.751. The minimum atomic E-state index is -0.981. The summed E-state index contributed by atoms with van der Waals surface area (Å²) < 4.78 is 5.86. The molecule has 0 saturated carbocycles. The number of amides is 1. The molecular formula is C23H30ClN3O2. The van der Waals surface area contributed by atoms with E-state index in [0.29, 0.717) is 17.3 Å². The zero-order valence-corrected chi connectivity index (χ0v) is 18.2. The van der Waals surface area contributed by atoms with Crippen LogP contribution in [0.25, 0.3) is 0 Å². The normalized spacial score (nSPS) is 15.9. The maximum atomic E-state index is 12.7. The smallest absolute Gasteiger partial charge is 0.263 e. The van der Waals surface area contributed by atoms with E-state index in [1.165, 1.54) is 5.56 Å². The van der Waals surface area contributed by atoms with Crippen molar-refractivity contribution in [1.82, 2.24) is 15.1 Å². The Balaban J connectivity index is 1.53. The van der Waals surface area contributed by atoms with Gasteiger partial charge in [-0.05, 0) is 56.3 Å². The third-order valence-electron chi connectivity index (χ3n) is 5.18. The molecule has 1 fully saturated rings. The van der Waals surface area contributed by atoms with E-state index >= 15 is 0 Å². The van der Waals surface area contributed by atoms with Crippen LogP contribution in [0.4, 0.5) is 0 Å². The Kier molecular flexibility index (Phi) is 7.17. The van der Waals surface area contributed by atoms with Crippen LogP contribution in [-0.2, 0) is 17.9 Å². The number of nitrogens with zero attached hydrogens (tertiary/aromatic N) is 2. The molecule has 156 valence electrons. The fourth-order valence-corrected chi connectivity index (χ4v) is 3.47. The van der Waals surface area contributed by atoms with Gasteiger partial charge in [-0.15, -0.1) is 0 Å². The number of carbonyl (C=O) groups excluding carboxylic acids is 1. The van der Waals surface area contributed by atoms with Crippen molar-refractivity contribution in [3.05, 3.63) is 64.7 Å². The summed E-state index contributed by atoms with van der Waals surface area (Å²) >= 11 is 5.90. The Hall–Kier alpha value is -2.08. The lowest BCUT2D eigenvalue weighted by molar-refractivity contribution is -0.134. The number of nitrogens with one attached hydrogen (secondary N) is 1. The largest absolute Gasteiger partial charge is 0.478 e. The van der Waals surface area contributed by atoms with Crippen molar-refractivity contribution in [3.63, 3.8) is 0 Å². The van der Waals surface area contributed by atoms with Gasteiger partial charge in [0.25, 0.3) is 5.91 Å². The second kappa shape index (κ2) is 9.61. The average Bonchev–Trinajstić information content (AvgIpc) is 2.70. The van der Waals surface area contributed by atoms with Gasteiger partial charge in [0.15, 0.2) is 5.60 Å². The molecule has 0 bridgehead atoms. The standard InChI is InChI=1S/C23H30ClN3O2/c1-23(2,29-21-9-7-20(24)8-10-21)22(28)25-16-18-5-4-6-19(15-18)17-27-13-11-26(3)12-14-27/h4-10,15H,11-14,16-17H2,1-3H3,(H,25,28). The molecule has 5 nitrogen and oxygen atoms in total. The Bertz CT molecular complexity index is 815. The van der Waals surface area contributed by atoms with Crippen LogP contribution in [-0.4, -0.2) is 54.5 Å². The average molecular weight is 416 g/mol. The molecule has 3 rings (SSSR count). The first-order valence-electron chi connectivity index (χ1n) is 10.0. The van der Waals surface area contributed by atoms with Gasteiger partial charge < -0.3 is 15.0 Å². The van der Waals surface area contributed by atoms with E-state index in [-0.39, 0.29) is 5.91 Å². The van der Waals surface area contributed by atoms with Crippen molar-refractivity contribution in [2.75, 3.05) is 33.2 Å². The molecule has 2 aromatic carbocycles. The van der Waals surface area contributed by atoms with Crippen LogP contribution in [0.5, 0.6) is 5.75 Å². The first-order chi connectivity index (χ1) is 13.8. The molecular weight excluding hydrogens is 386 g/mol. The predicted octanol–water partition coefficient (Wildman–Crippen LogP) is 3.56. The van der Waals surface area contributed by atoms with Gasteiger partial charge in [-0.3, -0.25) is 9.69 Å². The van der Waals surface area contributed by atoms with Crippen molar-refractivity contribution in [3.8, 4) is 5.75 Å². The van der Waals surface area contributed by atoms with Gasteiger partial charge in [0, 0.05) is 44.3 Å². The first-order valence-corrected chi connectivity index (χ1v) is 10.4. The van der Waals surface area contributed by atoms with Crippen LogP contribution < -0.4 is 10.1 Å². The van der Waals surface area contributed by atoms with Gasteiger partial charge in [0.1, 0.15) is 5.75 Å². The topological polar surface area (TPSA) is 44.8 Å². The lowest BCUT2D eigenvalue weighted by atomic mass is 10.1. The third-order valence-corrected chi connectivity index (χ3v) is 5.43. The van der Waals surface area contributed by atoms with Gasteiger partial charge in [-0.25, -0.2) is 0 Å². The molecule has 2 aromatic rings. The van der Waals surface area contributed by atoms with E-state index in [1.807, 2.05) is 6.07 Å². The summed E-state index contributed by atoms with van der Waals surface area (Å²) in [7, 11) is 2.17. The zero-order valence-electron chi connectivity index (χ0n) is 17.5. The summed E-state index contributed by atoms with van der Waals surface area (Å²) in [5, 5.41) is 3.63. The van der Waals surface area contributed by atoms with Crippen molar-refractivity contribution < 1.29 is 9.53 Å². The van der Waals surface area contributed by atoms with Gasteiger partial charge >= 0.3 is 0 Å². The molecule has 0 atom stereocenters. The summed E-state index contributed by atoms with van der Waals surface area (Å²) in [4.78, 5) is 17.5. The van der Waals surface area contributed by atoms with E-state index in [0.717, 1.165) is 38.3 Å². The lowest BCUT2D eigenvalue weighted by Crippen LogP contribution is -2.46. The predicted molar refractivity (Wildman–Crippen MR) is 117 cm³/mol. The van der Waals surface area contributed by atoms with Crippen molar-refractivity contribution in [2.24, 2.45) is 0 Å². The molecule has 29 heavy (non-hydrogen) atoms. The lowest BCUT2D eigenvalue weighted by Gasteiger charge is -2.32. The molecule has 0 radical (unpaired) electrons. The zero-order chi connectivity index (χ0) is 20.9. The molecule has 1 heterocycles. The van der Waals surface area contributed by atoms with Crippen molar-refractivity contribution in [2.45, 2.75) is 32.5 Å². The van der Waals surface area contributed by atoms with Crippen LogP contribution in [0.3, 0.4) is 0 Å². The number of hydrogen-bond acceptors (Lipinski definition) is 4. The van der Waals surface area contributed by atoms with Gasteiger partial charge in [0.2, 0.25) is 0 Å². The SMILES string of the molecule is CN1CCN(Cc2cccc(CNC(=O)C(C)(C)Oc3ccc(Cl)cc3)c2)CC1. The summed E-state index contributed by atoms with van der Waals surface area (Å²) in [5.74, 6) is 0.459. The van der Waals surface area contributed by atoms with E-state index in [9.17, 15) is 4.79 Å². The summed E-state index contributed by atoms with van der Waals surface area (Å²) in [5.41, 5.74) is 1.39. The van der Waals surface area contributed by atoms with Crippen LogP contribution >= 0.6 is 11.6 Å². The first kappa shape index (κ1) is 21.6. The molecule has 0 unspecified atom stereocenters. The summed E-state index contributed by atoms with van der Waals surface area (Å²) in [6.45, 7) is 9.35. The van der Waals surface area contributed by atoms with Crippen LogP contribution in [0.2, 0.25) is 5.02 Å². The molecule has 0 spiro atoms. The Morgan fingerprint density at radius 2 is 1.72 bits per heavy atom. The molecule has 0 aliphatic carbocycles. The van der Waals surface area contributed by atoms with Gasteiger partial charge in [-0.2, -0.15) is 0 Å². The number of hydrogen-bond donors (Lipinski definition) is 1. The number of piperazine rings is 1. The fourth-order valence-electron chi connectivity index (χ4n) is 3.34. The molecule has 1 N–H and O–H groups in total. The number of benzene rings is 2. The number of carbonyl (C=O) groups is 1. The minimum Gasteiger partial charge on any atom is -0.478 e.